The number of benzene rings is 2. The summed E-state index contributed by atoms with van der Waals surface area (Å²) in [4.78, 5) is 0.0438. The van der Waals surface area contributed by atoms with E-state index in [4.69, 9.17) is 9.47 Å². The van der Waals surface area contributed by atoms with Crippen LogP contribution in [0.2, 0.25) is 0 Å². The van der Waals surface area contributed by atoms with Gasteiger partial charge in [0.25, 0.3) is 10.0 Å². The van der Waals surface area contributed by atoms with Crippen molar-refractivity contribution in [3.05, 3.63) is 47.5 Å². The van der Waals surface area contributed by atoms with Crippen LogP contribution in [-0.4, -0.2) is 27.7 Å². The summed E-state index contributed by atoms with van der Waals surface area (Å²) < 4.78 is 38.0. The minimum absolute atomic E-state index is 0.0438. The molecule has 0 atom stereocenters. The molecule has 0 unspecified atom stereocenters. The highest BCUT2D eigenvalue weighted by Gasteiger charge is 2.19. The quantitative estimate of drug-likeness (QED) is 0.845. The minimum atomic E-state index is -3.82. The van der Waals surface area contributed by atoms with E-state index in [-0.39, 0.29) is 11.5 Å². The Labute approximate surface area is 135 Å². The number of ether oxygens (including phenoxy) is 2. The van der Waals surface area contributed by atoms with Crippen LogP contribution in [0.4, 0.5) is 5.69 Å². The van der Waals surface area contributed by atoms with Gasteiger partial charge in [0, 0.05) is 11.6 Å². The second-order valence-corrected chi connectivity index (χ2v) is 6.57. The van der Waals surface area contributed by atoms with Gasteiger partial charge in [-0.1, -0.05) is 18.2 Å². The molecule has 0 aromatic heterocycles. The van der Waals surface area contributed by atoms with Gasteiger partial charge in [0.1, 0.15) is 0 Å². The maximum absolute atomic E-state index is 12.6. The van der Waals surface area contributed by atoms with Crippen molar-refractivity contribution in [2.24, 2.45) is 0 Å². The monoisotopic (exact) mass is 337 g/mol. The van der Waals surface area contributed by atoms with Crippen molar-refractivity contribution in [2.75, 3.05) is 18.9 Å². The summed E-state index contributed by atoms with van der Waals surface area (Å²) in [6.45, 7) is 1.51. The molecule has 6 nitrogen and oxygen atoms in total. The molecule has 7 heteroatoms. The predicted molar refractivity (Wildman–Crippen MR) is 87.5 cm³/mol. The summed E-state index contributed by atoms with van der Waals surface area (Å²) in [6.07, 6.45) is 0. The van der Waals surface area contributed by atoms with Crippen molar-refractivity contribution >= 4 is 15.7 Å². The van der Waals surface area contributed by atoms with E-state index in [1.54, 1.807) is 25.1 Å². The molecule has 124 valence electrons. The van der Waals surface area contributed by atoms with Crippen molar-refractivity contribution in [1.29, 1.82) is 0 Å². The van der Waals surface area contributed by atoms with Gasteiger partial charge in [-0.15, -0.1) is 0 Å². The predicted octanol–water partition coefficient (Wildman–Crippen LogP) is 2.31. The molecule has 0 heterocycles. The third-order valence-corrected chi connectivity index (χ3v) is 4.78. The SMILES string of the molecule is COc1ccc(S(=O)(=O)Nc2c(C)cccc2CO)cc1OC. The number of aryl methyl sites for hydroxylation is 1. The van der Waals surface area contributed by atoms with Gasteiger partial charge in [-0.2, -0.15) is 0 Å². The van der Waals surface area contributed by atoms with E-state index < -0.39 is 10.0 Å². The first-order chi connectivity index (χ1) is 10.9. The van der Waals surface area contributed by atoms with Gasteiger partial charge < -0.3 is 14.6 Å². The van der Waals surface area contributed by atoms with E-state index in [9.17, 15) is 13.5 Å². The van der Waals surface area contributed by atoms with Crippen LogP contribution >= 0.6 is 0 Å². The fourth-order valence-electron chi connectivity index (χ4n) is 2.18. The Kier molecular flexibility index (Phi) is 5.12. The van der Waals surface area contributed by atoms with E-state index in [2.05, 4.69) is 4.72 Å². The second kappa shape index (κ2) is 6.89. The number of hydrogen-bond acceptors (Lipinski definition) is 5. The Morgan fingerprint density at radius 2 is 1.78 bits per heavy atom. The molecular weight excluding hydrogens is 318 g/mol. The van der Waals surface area contributed by atoms with Crippen molar-refractivity contribution < 1.29 is 23.0 Å². The molecule has 2 aromatic rings. The Morgan fingerprint density at radius 1 is 1.09 bits per heavy atom. The van der Waals surface area contributed by atoms with E-state index >= 15 is 0 Å². The smallest absolute Gasteiger partial charge is 0.262 e. The summed E-state index contributed by atoms with van der Waals surface area (Å²) in [5, 5.41) is 9.39. The van der Waals surface area contributed by atoms with Gasteiger partial charge in [-0.05, 0) is 24.6 Å². The Balaban J connectivity index is 2.44. The lowest BCUT2D eigenvalue weighted by Crippen LogP contribution is -2.15. The average molecular weight is 337 g/mol. The molecular formula is C16H19NO5S. The van der Waals surface area contributed by atoms with Gasteiger partial charge in [0.15, 0.2) is 11.5 Å². The maximum atomic E-state index is 12.6. The fraction of sp³-hybridized carbons (Fsp3) is 0.250. The summed E-state index contributed by atoms with van der Waals surface area (Å²) in [5.74, 6) is 0.765. The molecule has 0 saturated carbocycles. The molecule has 0 aliphatic carbocycles. The number of methoxy groups -OCH3 is 2. The zero-order valence-corrected chi connectivity index (χ0v) is 14.0. The fourth-order valence-corrected chi connectivity index (χ4v) is 3.37. The number of rotatable bonds is 6. The molecule has 0 spiro atoms. The molecule has 0 fully saturated rings. The Bertz CT molecular complexity index is 802. The molecule has 2 aromatic carbocycles. The minimum Gasteiger partial charge on any atom is -0.493 e. The number of anilines is 1. The summed E-state index contributed by atoms with van der Waals surface area (Å²) in [6, 6.07) is 9.54. The third-order valence-electron chi connectivity index (χ3n) is 3.43. The van der Waals surface area contributed by atoms with Gasteiger partial charge in [0.05, 0.1) is 31.4 Å². The summed E-state index contributed by atoms with van der Waals surface area (Å²) in [5.41, 5.74) is 1.61. The molecule has 0 bridgehead atoms. The highest BCUT2D eigenvalue weighted by molar-refractivity contribution is 7.92. The average Bonchev–Trinajstić information content (AvgIpc) is 2.55. The third kappa shape index (κ3) is 3.57. The molecule has 0 aliphatic heterocycles. The number of hydrogen-bond donors (Lipinski definition) is 2. The summed E-state index contributed by atoms with van der Waals surface area (Å²) >= 11 is 0. The van der Waals surface area contributed by atoms with Crippen molar-refractivity contribution in [2.45, 2.75) is 18.4 Å². The summed E-state index contributed by atoms with van der Waals surface area (Å²) in [7, 11) is -0.908. The van der Waals surface area contributed by atoms with Crippen LogP contribution in [0, 0.1) is 6.92 Å². The van der Waals surface area contributed by atoms with E-state index in [1.165, 1.54) is 32.4 Å². The lowest BCUT2D eigenvalue weighted by molar-refractivity contribution is 0.282. The highest BCUT2D eigenvalue weighted by Crippen LogP contribution is 2.31. The number of nitrogens with one attached hydrogen (secondary N) is 1. The molecule has 23 heavy (non-hydrogen) atoms. The van der Waals surface area contributed by atoms with Crippen LogP contribution in [0.3, 0.4) is 0 Å². The van der Waals surface area contributed by atoms with Crippen LogP contribution in [-0.2, 0) is 16.6 Å². The van der Waals surface area contributed by atoms with Crippen LogP contribution in [0.25, 0.3) is 0 Å². The van der Waals surface area contributed by atoms with Crippen LogP contribution in [0.15, 0.2) is 41.3 Å². The van der Waals surface area contributed by atoms with E-state index in [1.807, 2.05) is 0 Å². The molecule has 2 N–H and O–H groups in total. The first-order valence-corrected chi connectivity index (χ1v) is 8.35. The number of aliphatic hydroxyl groups is 1. The second-order valence-electron chi connectivity index (χ2n) is 4.89. The molecule has 0 amide bonds. The lowest BCUT2D eigenvalue weighted by Gasteiger charge is -2.15. The Morgan fingerprint density at radius 3 is 2.39 bits per heavy atom. The normalized spacial score (nSPS) is 11.1. The first kappa shape index (κ1) is 17.1. The van der Waals surface area contributed by atoms with Gasteiger partial charge >= 0.3 is 0 Å². The zero-order valence-electron chi connectivity index (χ0n) is 13.2. The molecule has 0 radical (unpaired) electrons. The van der Waals surface area contributed by atoms with Crippen molar-refractivity contribution in [3.8, 4) is 11.5 Å². The highest BCUT2D eigenvalue weighted by atomic mass is 32.2. The van der Waals surface area contributed by atoms with Crippen LogP contribution < -0.4 is 14.2 Å². The largest absolute Gasteiger partial charge is 0.493 e. The van der Waals surface area contributed by atoms with Gasteiger partial charge in [-0.3, -0.25) is 4.72 Å². The standard InChI is InChI=1S/C16H19NO5S/c1-11-5-4-6-12(10-18)16(11)17-23(19,20)13-7-8-14(21-2)15(9-13)22-3/h4-9,17-18H,10H2,1-3H3. The lowest BCUT2D eigenvalue weighted by atomic mass is 10.1. The van der Waals surface area contributed by atoms with Gasteiger partial charge in [0.2, 0.25) is 0 Å². The van der Waals surface area contributed by atoms with Crippen molar-refractivity contribution in [1.82, 2.24) is 0 Å². The van der Waals surface area contributed by atoms with E-state index in [0.717, 1.165) is 5.56 Å². The topological polar surface area (TPSA) is 84.9 Å². The molecule has 2 rings (SSSR count). The zero-order chi connectivity index (χ0) is 17.0. The van der Waals surface area contributed by atoms with Gasteiger partial charge in [-0.25, -0.2) is 8.42 Å². The van der Waals surface area contributed by atoms with Crippen molar-refractivity contribution in [3.63, 3.8) is 0 Å². The molecule has 0 saturated heterocycles. The number of sulfonamides is 1. The number of para-hydroxylation sites is 1. The van der Waals surface area contributed by atoms with E-state index in [0.29, 0.717) is 22.7 Å². The number of aliphatic hydroxyl groups excluding tert-OH is 1. The molecule has 0 aliphatic rings. The Hall–Kier alpha value is -2.25. The first-order valence-electron chi connectivity index (χ1n) is 6.87. The van der Waals surface area contributed by atoms with Crippen LogP contribution in [0.5, 0.6) is 11.5 Å². The maximum Gasteiger partial charge on any atom is 0.262 e. The van der Waals surface area contributed by atoms with Crippen LogP contribution in [0.1, 0.15) is 11.1 Å².